The van der Waals surface area contributed by atoms with Crippen molar-refractivity contribution in [3.63, 3.8) is 0 Å². The Morgan fingerprint density at radius 2 is 1.00 bits per heavy atom. The molecule has 0 unspecified atom stereocenters. The van der Waals surface area contributed by atoms with E-state index in [-0.39, 0.29) is 5.28 Å². The Morgan fingerprint density at radius 1 is 0.447 bits per heavy atom. The van der Waals surface area contributed by atoms with Gasteiger partial charge < -0.3 is 4.42 Å². The minimum Gasteiger partial charge on any atom is -0.455 e. The number of aromatic nitrogens is 3. The monoisotopic (exact) mass is 509 g/mol. The highest BCUT2D eigenvalue weighted by atomic mass is 35.5. The third kappa shape index (κ3) is 4.01. The number of hydrogen-bond donors (Lipinski definition) is 0. The molecule has 0 bridgehead atoms. The van der Waals surface area contributed by atoms with Gasteiger partial charge in [-0.3, -0.25) is 0 Å². The predicted octanol–water partition coefficient (Wildman–Crippen LogP) is 9.09. The molecule has 0 spiro atoms. The van der Waals surface area contributed by atoms with Crippen LogP contribution in [0.15, 0.2) is 126 Å². The molecule has 7 aromatic rings. The molecule has 4 nitrogen and oxygen atoms in total. The Labute approximate surface area is 224 Å². The van der Waals surface area contributed by atoms with Gasteiger partial charge in [0.15, 0.2) is 11.6 Å². The summed E-state index contributed by atoms with van der Waals surface area (Å²) >= 11 is 6.38. The zero-order chi connectivity index (χ0) is 25.5. The van der Waals surface area contributed by atoms with Crippen LogP contribution in [0.1, 0.15) is 0 Å². The Hall–Kier alpha value is -4.80. The predicted molar refractivity (Wildman–Crippen MR) is 154 cm³/mol. The molecule has 0 saturated heterocycles. The van der Waals surface area contributed by atoms with Crippen LogP contribution < -0.4 is 0 Å². The lowest BCUT2D eigenvalue weighted by atomic mass is 9.99. The average molecular weight is 510 g/mol. The fourth-order valence-electron chi connectivity index (χ4n) is 4.82. The van der Waals surface area contributed by atoms with Gasteiger partial charge in [-0.15, -0.1) is 0 Å². The second-order valence-electron chi connectivity index (χ2n) is 9.05. The summed E-state index contributed by atoms with van der Waals surface area (Å²) in [4.78, 5) is 13.6. The Bertz CT molecular complexity index is 1910. The molecule has 0 amide bonds. The van der Waals surface area contributed by atoms with Crippen molar-refractivity contribution in [1.82, 2.24) is 15.0 Å². The zero-order valence-corrected chi connectivity index (χ0v) is 20.9. The molecule has 0 aliphatic carbocycles. The average Bonchev–Trinajstić information content (AvgIpc) is 3.36. The van der Waals surface area contributed by atoms with Crippen molar-refractivity contribution in [2.45, 2.75) is 0 Å². The summed E-state index contributed by atoms with van der Waals surface area (Å²) in [6, 6.07) is 41.1. The number of furan rings is 1. The van der Waals surface area contributed by atoms with Gasteiger partial charge >= 0.3 is 0 Å². The molecule has 180 valence electrons. The number of rotatable bonds is 4. The van der Waals surface area contributed by atoms with E-state index in [2.05, 4.69) is 70.6 Å². The normalized spacial score (nSPS) is 11.3. The molecular formula is C33H20ClN3O. The van der Waals surface area contributed by atoms with E-state index in [0.29, 0.717) is 11.6 Å². The molecule has 5 heteroatoms. The lowest BCUT2D eigenvalue weighted by molar-refractivity contribution is 0.669. The van der Waals surface area contributed by atoms with Crippen LogP contribution in [0, 0.1) is 0 Å². The molecule has 0 aliphatic heterocycles. The Morgan fingerprint density at radius 3 is 1.71 bits per heavy atom. The highest BCUT2D eigenvalue weighted by molar-refractivity contribution is 6.28. The second kappa shape index (κ2) is 9.25. The summed E-state index contributed by atoms with van der Waals surface area (Å²) in [6.45, 7) is 0. The van der Waals surface area contributed by atoms with Gasteiger partial charge in [-0.25, -0.2) is 4.98 Å². The minimum absolute atomic E-state index is 0.138. The van der Waals surface area contributed by atoms with Gasteiger partial charge in [0.2, 0.25) is 5.28 Å². The minimum atomic E-state index is 0.138. The summed E-state index contributed by atoms with van der Waals surface area (Å²) in [5.74, 6) is 0.990. The van der Waals surface area contributed by atoms with Crippen LogP contribution in [-0.2, 0) is 0 Å². The smallest absolute Gasteiger partial charge is 0.226 e. The van der Waals surface area contributed by atoms with E-state index in [1.54, 1.807) is 0 Å². The van der Waals surface area contributed by atoms with Crippen molar-refractivity contribution in [3.05, 3.63) is 127 Å². The standard InChI is InChI=1S/C33H20ClN3O/c34-33-36-31(35-32(37-33)28-11-6-10-27-26-9-4-5-12-29(26)38-30(27)28)25-19-17-24(18-20-25)23-15-13-22(14-16-23)21-7-2-1-3-8-21/h1-20H. The first-order valence-electron chi connectivity index (χ1n) is 12.3. The van der Waals surface area contributed by atoms with Crippen LogP contribution >= 0.6 is 11.6 Å². The molecule has 0 aliphatic rings. The van der Waals surface area contributed by atoms with Gasteiger partial charge in [-0.05, 0) is 46.0 Å². The molecule has 2 aromatic heterocycles. The van der Waals surface area contributed by atoms with Gasteiger partial charge in [-0.1, -0.05) is 109 Å². The number of nitrogens with zero attached hydrogens (tertiary/aromatic N) is 3. The Balaban J connectivity index is 1.23. The molecule has 0 N–H and O–H groups in total. The molecule has 7 rings (SSSR count). The second-order valence-corrected chi connectivity index (χ2v) is 9.39. The molecular weight excluding hydrogens is 490 g/mol. The largest absolute Gasteiger partial charge is 0.455 e. The van der Waals surface area contributed by atoms with Crippen LogP contribution in [0.5, 0.6) is 0 Å². The third-order valence-electron chi connectivity index (χ3n) is 6.72. The topological polar surface area (TPSA) is 51.8 Å². The highest BCUT2D eigenvalue weighted by Crippen LogP contribution is 2.35. The van der Waals surface area contributed by atoms with Crippen molar-refractivity contribution >= 4 is 33.5 Å². The molecule has 0 saturated carbocycles. The van der Waals surface area contributed by atoms with Crippen LogP contribution in [0.3, 0.4) is 0 Å². The fourth-order valence-corrected chi connectivity index (χ4v) is 4.98. The maximum Gasteiger partial charge on any atom is 0.226 e. The maximum absolute atomic E-state index is 6.38. The van der Waals surface area contributed by atoms with Crippen molar-refractivity contribution in [2.24, 2.45) is 0 Å². The summed E-state index contributed by atoms with van der Waals surface area (Å²) in [6.07, 6.45) is 0. The van der Waals surface area contributed by atoms with E-state index >= 15 is 0 Å². The molecule has 0 atom stereocenters. The summed E-state index contributed by atoms with van der Waals surface area (Å²) in [5, 5.41) is 2.20. The first kappa shape index (κ1) is 22.4. The van der Waals surface area contributed by atoms with E-state index in [1.807, 2.05) is 60.7 Å². The van der Waals surface area contributed by atoms with E-state index in [1.165, 1.54) is 11.1 Å². The van der Waals surface area contributed by atoms with Gasteiger partial charge in [-0.2, -0.15) is 9.97 Å². The van der Waals surface area contributed by atoms with E-state index in [4.69, 9.17) is 21.0 Å². The first-order chi connectivity index (χ1) is 18.7. The maximum atomic E-state index is 6.38. The van der Waals surface area contributed by atoms with Crippen molar-refractivity contribution in [2.75, 3.05) is 0 Å². The number of para-hydroxylation sites is 2. The van der Waals surface area contributed by atoms with Crippen molar-refractivity contribution < 1.29 is 4.42 Å². The molecule has 0 fully saturated rings. The lowest BCUT2D eigenvalue weighted by Crippen LogP contribution is -1.97. The molecule has 38 heavy (non-hydrogen) atoms. The van der Waals surface area contributed by atoms with E-state index < -0.39 is 0 Å². The van der Waals surface area contributed by atoms with E-state index in [0.717, 1.165) is 44.2 Å². The molecule has 2 heterocycles. The lowest BCUT2D eigenvalue weighted by Gasteiger charge is -2.08. The van der Waals surface area contributed by atoms with Gasteiger partial charge in [0, 0.05) is 16.3 Å². The van der Waals surface area contributed by atoms with Crippen molar-refractivity contribution in [3.8, 4) is 45.0 Å². The zero-order valence-electron chi connectivity index (χ0n) is 20.2. The third-order valence-corrected chi connectivity index (χ3v) is 6.89. The summed E-state index contributed by atoms with van der Waals surface area (Å²) in [5.41, 5.74) is 7.84. The molecule has 5 aromatic carbocycles. The summed E-state index contributed by atoms with van der Waals surface area (Å²) < 4.78 is 6.18. The quantitative estimate of drug-likeness (QED) is 0.237. The van der Waals surface area contributed by atoms with Gasteiger partial charge in [0.05, 0.1) is 5.56 Å². The number of fused-ring (bicyclic) bond motifs is 3. The Kier molecular flexibility index (Phi) is 5.46. The van der Waals surface area contributed by atoms with Gasteiger partial charge in [0.25, 0.3) is 0 Å². The van der Waals surface area contributed by atoms with E-state index in [9.17, 15) is 0 Å². The molecule has 0 radical (unpaired) electrons. The van der Waals surface area contributed by atoms with Crippen LogP contribution in [0.4, 0.5) is 0 Å². The fraction of sp³-hybridized carbons (Fsp3) is 0. The van der Waals surface area contributed by atoms with Crippen molar-refractivity contribution in [1.29, 1.82) is 0 Å². The van der Waals surface area contributed by atoms with Crippen LogP contribution in [0.25, 0.3) is 67.0 Å². The van der Waals surface area contributed by atoms with Gasteiger partial charge in [0.1, 0.15) is 11.2 Å². The van der Waals surface area contributed by atoms with Crippen LogP contribution in [-0.4, -0.2) is 15.0 Å². The summed E-state index contributed by atoms with van der Waals surface area (Å²) in [7, 11) is 0. The van der Waals surface area contributed by atoms with Crippen LogP contribution in [0.2, 0.25) is 5.28 Å². The first-order valence-corrected chi connectivity index (χ1v) is 12.7. The highest BCUT2D eigenvalue weighted by Gasteiger charge is 2.16. The number of benzene rings is 5. The SMILES string of the molecule is Clc1nc(-c2ccc(-c3ccc(-c4ccccc4)cc3)cc2)nc(-c2cccc3c2oc2ccccc23)n1. The number of halogens is 1. The number of hydrogen-bond acceptors (Lipinski definition) is 4.